The van der Waals surface area contributed by atoms with E-state index in [9.17, 15) is 4.79 Å². The van der Waals surface area contributed by atoms with Crippen molar-refractivity contribution in [2.45, 2.75) is 27.2 Å². The number of hydrogen-bond acceptors (Lipinski definition) is 1. The SMILES string of the molecule is CC/C=C/C=C/C1C(C(=O)O)C1(C)C. The van der Waals surface area contributed by atoms with Gasteiger partial charge in [0, 0.05) is 0 Å². The first-order chi connectivity index (χ1) is 6.51. The van der Waals surface area contributed by atoms with Crippen LogP contribution in [0.1, 0.15) is 27.2 Å². The van der Waals surface area contributed by atoms with Gasteiger partial charge in [-0.25, -0.2) is 0 Å². The van der Waals surface area contributed by atoms with Gasteiger partial charge >= 0.3 is 5.97 Å². The highest BCUT2D eigenvalue weighted by Crippen LogP contribution is 2.58. The number of hydrogen-bond donors (Lipinski definition) is 1. The minimum Gasteiger partial charge on any atom is -0.481 e. The predicted octanol–water partition coefficient (Wildman–Crippen LogP) is 2.87. The molecule has 2 heteroatoms. The third-order valence-electron chi connectivity index (χ3n) is 2.98. The minimum atomic E-state index is -0.677. The van der Waals surface area contributed by atoms with Crippen molar-refractivity contribution in [3.05, 3.63) is 24.3 Å². The number of aliphatic carboxylic acids is 1. The Morgan fingerprint density at radius 3 is 2.50 bits per heavy atom. The van der Waals surface area contributed by atoms with E-state index in [1.807, 2.05) is 32.1 Å². The highest BCUT2D eigenvalue weighted by Gasteiger charge is 2.60. The molecular weight excluding hydrogens is 176 g/mol. The Kier molecular flexibility index (Phi) is 3.14. The quantitative estimate of drug-likeness (QED) is 0.699. The molecule has 78 valence electrons. The van der Waals surface area contributed by atoms with Gasteiger partial charge in [0.1, 0.15) is 0 Å². The van der Waals surface area contributed by atoms with Crippen LogP contribution in [0.25, 0.3) is 0 Å². The van der Waals surface area contributed by atoms with E-state index in [1.54, 1.807) is 0 Å². The smallest absolute Gasteiger partial charge is 0.307 e. The summed E-state index contributed by atoms with van der Waals surface area (Å²) in [6.45, 7) is 6.08. The van der Waals surface area contributed by atoms with E-state index in [2.05, 4.69) is 13.0 Å². The van der Waals surface area contributed by atoms with Crippen molar-refractivity contribution in [3.8, 4) is 0 Å². The molecule has 1 rings (SSSR count). The summed E-state index contributed by atoms with van der Waals surface area (Å²) in [6.07, 6.45) is 9.01. The van der Waals surface area contributed by atoms with E-state index in [0.29, 0.717) is 0 Å². The average molecular weight is 194 g/mol. The fourth-order valence-electron chi connectivity index (χ4n) is 1.91. The normalized spacial score (nSPS) is 29.9. The minimum absolute atomic E-state index is 0.0671. The Balaban J connectivity index is 2.53. The van der Waals surface area contributed by atoms with Crippen LogP contribution in [0.4, 0.5) is 0 Å². The zero-order chi connectivity index (χ0) is 10.8. The molecule has 0 radical (unpaired) electrons. The van der Waals surface area contributed by atoms with Gasteiger partial charge in [-0.2, -0.15) is 0 Å². The van der Waals surface area contributed by atoms with Crippen LogP contribution in [0.5, 0.6) is 0 Å². The van der Waals surface area contributed by atoms with Gasteiger partial charge < -0.3 is 5.11 Å². The zero-order valence-corrected chi connectivity index (χ0v) is 9.03. The number of carbonyl (C=O) groups is 1. The molecule has 2 atom stereocenters. The molecule has 0 spiro atoms. The molecule has 2 unspecified atom stereocenters. The first kappa shape index (κ1) is 11.0. The summed E-state index contributed by atoms with van der Waals surface area (Å²) >= 11 is 0. The molecule has 0 aromatic heterocycles. The van der Waals surface area contributed by atoms with Crippen molar-refractivity contribution in [2.75, 3.05) is 0 Å². The van der Waals surface area contributed by atoms with Crippen molar-refractivity contribution in [2.24, 2.45) is 17.3 Å². The van der Waals surface area contributed by atoms with Crippen LogP contribution in [-0.2, 0) is 4.79 Å². The second-order valence-corrected chi connectivity index (χ2v) is 4.38. The molecule has 14 heavy (non-hydrogen) atoms. The van der Waals surface area contributed by atoms with Gasteiger partial charge in [-0.05, 0) is 17.8 Å². The van der Waals surface area contributed by atoms with Crippen LogP contribution in [0.15, 0.2) is 24.3 Å². The summed E-state index contributed by atoms with van der Waals surface area (Å²) < 4.78 is 0. The highest BCUT2D eigenvalue weighted by molar-refractivity contribution is 5.76. The summed E-state index contributed by atoms with van der Waals surface area (Å²) in [6, 6.07) is 0. The van der Waals surface area contributed by atoms with Crippen LogP contribution in [-0.4, -0.2) is 11.1 Å². The van der Waals surface area contributed by atoms with E-state index in [0.717, 1.165) is 6.42 Å². The molecule has 0 aliphatic heterocycles. The molecular formula is C12H18O2. The van der Waals surface area contributed by atoms with Gasteiger partial charge in [0.25, 0.3) is 0 Å². The lowest BCUT2D eigenvalue weighted by Gasteiger charge is -1.95. The Morgan fingerprint density at radius 1 is 1.43 bits per heavy atom. The Labute approximate surface area is 85.3 Å². The van der Waals surface area contributed by atoms with Crippen LogP contribution >= 0.6 is 0 Å². The topological polar surface area (TPSA) is 37.3 Å². The molecule has 0 aromatic rings. The fraction of sp³-hybridized carbons (Fsp3) is 0.583. The monoisotopic (exact) mass is 194 g/mol. The molecule has 1 N–H and O–H groups in total. The summed E-state index contributed by atoms with van der Waals surface area (Å²) in [5, 5.41) is 8.91. The zero-order valence-electron chi connectivity index (χ0n) is 9.03. The Morgan fingerprint density at radius 2 is 2.07 bits per heavy atom. The third-order valence-corrected chi connectivity index (χ3v) is 2.98. The summed E-state index contributed by atoms with van der Waals surface area (Å²) in [4.78, 5) is 10.8. The maximum Gasteiger partial charge on any atom is 0.307 e. The van der Waals surface area contributed by atoms with Gasteiger partial charge in [0.05, 0.1) is 5.92 Å². The van der Waals surface area contributed by atoms with Gasteiger partial charge in [-0.15, -0.1) is 0 Å². The molecule has 0 saturated heterocycles. The largest absolute Gasteiger partial charge is 0.481 e. The van der Waals surface area contributed by atoms with Crippen molar-refractivity contribution < 1.29 is 9.90 Å². The van der Waals surface area contributed by atoms with E-state index >= 15 is 0 Å². The standard InChI is InChI=1S/C12H18O2/c1-4-5-6-7-8-9-10(11(13)14)12(9,2)3/h5-10H,4H2,1-3H3,(H,13,14)/b6-5+,8-7+. The number of carboxylic acid groups (broad SMARTS) is 1. The molecule has 1 saturated carbocycles. The van der Waals surface area contributed by atoms with E-state index < -0.39 is 5.97 Å². The van der Waals surface area contributed by atoms with E-state index in [-0.39, 0.29) is 17.3 Å². The molecule has 1 aliphatic rings. The lowest BCUT2D eigenvalue weighted by atomic mass is 10.1. The lowest BCUT2D eigenvalue weighted by molar-refractivity contribution is -0.139. The van der Waals surface area contributed by atoms with Crippen molar-refractivity contribution in [3.63, 3.8) is 0 Å². The van der Waals surface area contributed by atoms with Gasteiger partial charge in [0.15, 0.2) is 0 Å². The first-order valence-corrected chi connectivity index (χ1v) is 5.08. The van der Waals surface area contributed by atoms with Crippen molar-refractivity contribution >= 4 is 5.97 Å². The molecule has 0 bridgehead atoms. The van der Waals surface area contributed by atoms with Crippen LogP contribution in [0, 0.1) is 17.3 Å². The average Bonchev–Trinajstić information content (AvgIpc) is 2.62. The van der Waals surface area contributed by atoms with Crippen molar-refractivity contribution in [1.29, 1.82) is 0 Å². The number of allylic oxidation sites excluding steroid dienone is 4. The second kappa shape index (κ2) is 3.99. The van der Waals surface area contributed by atoms with Crippen LogP contribution < -0.4 is 0 Å². The first-order valence-electron chi connectivity index (χ1n) is 5.08. The highest BCUT2D eigenvalue weighted by atomic mass is 16.4. The molecule has 2 nitrogen and oxygen atoms in total. The van der Waals surface area contributed by atoms with Gasteiger partial charge in [-0.3, -0.25) is 4.79 Å². The Bertz CT molecular complexity index is 274. The van der Waals surface area contributed by atoms with Crippen molar-refractivity contribution in [1.82, 2.24) is 0 Å². The van der Waals surface area contributed by atoms with E-state index in [4.69, 9.17) is 5.11 Å². The second-order valence-electron chi connectivity index (χ2n) is 4.38. The third kappa shape index (κ3) is 2.06. The summed E-state index contributed by atoms with van der Waals surface area (Å²) in [5.41, 5.74) is -0.0671. The van der Waals surface area contributed by atoms with Gasteiger partial charge in [0.2, 0.25) is 0 Å². The fourth-order valence-corrected chi connectivity index (χ4v) is 1.91. The predicted molar refractivity (Wildman–Crippen MR) is 57.0 cm³/mol. The summed E-state index contributed by atoms with van der Waals surface area (Å²) in [5.74, 6) is -0.681. The molecule has 1 aliphatic carbocycles. The maximum atomic E-state index is 10.8. The molecule has 0 heterocycles. The lowest BCUT2D eigenvalue weighted by Crippen LogP contribution is -2.02. The van der Waals surface area contributed by atoms with E-state index in [1.165, 1.54) is 0 Å². The number of rotatable bonds is 4. The van der Waals surface area contributed by atoms with Gasteiger partial charge in [-0.1, -0.05) is 45.1 Å². The number of carboxylic acids is 1. The maximum absolute atomic E-state index is 10.8. The molecule has 0 aromatic carbocycles. The summed E-state index contributed by atoms with van der Waals surface area (Å²) in [7, 11) is 0. The van der Waals surface area contributed by atoms with Crippen LogP contribution in [0.3, 0.4) is 0 Å². The molecule has 0 amide bonds. The molecule has 1 fully saturated rings. The van der Waals surface area contributed by atoms with Crippen LogP contribution in [0.2, 0.25) is 0 Å². The Hall–Kier alpha value is -1.05.